The maximum atomic E-state index is 12.5. The summed E-state index contributed by atoms with van der Waals surface area (Å²) in [5.74, 6) is 0.546. The van der Waals surface area contributed by atoms with Gasteiger partial charge in [-0.3, -0.25) is 4.79 Å². The molecule has 2 aromatic rings. The van der Waals surface area contributed by atoms with Crippen molar-refractivity contribution in [1.29, 1.82) is 0 Å². The first-order chi connectivity index (χ1) is 11.6. The van der Waals surface area contributed by atoms with Crippen LogP contribution in [-0.4, -0.2) is 21.9 Å². The molecule has 5 heteroatoms. The molecule has 1 amide bonds. The highest BCUT2D eigenvalue weighted by atomic mass is 16.1. The number of aromatic nitrogens is 2. The van der Waals surface area contributed by atoms with Crippen LogP contribution in [0.5, 0.6) is 0 Å². The summed E-state index contributed by atoms with van der Waals surface area (Å²) >= 11 is 0. The Labute approximate surface area is 142 Å². The second kappa shape index (κ2) is 7.43. The van der Waals surface area contributed by atoms with E-state index >= 15 is 0 Å². The zero-order valence-electron chi connectivity index (χ0n) is 14.3. The van der Waals surface area contributed by atoms with Gasteiger partial charge in [0.15, 0.2) is 0 Å². The summed E-state index contributed by atoms with van der Waals surface area (Å²) in [6.07, 6.45) is 5.86. The standard InChI is InChI=1S/C19H24N4O/c1-13-11-14(2)21-19(20-13)23-17-10-6-7-15(12-17)18(24)22-16-8-4-3-5-9-16/h6-7,10-12,16H,3-5,8-9H2,1-2H3,(H,22,24)(H,20,21,23). The van der Waals surface area contributed by atoms with E-state index in [0.29, 0.717) is 17.6 Å². The van der Waals surface area contributed by atoms with Crippen molar-refractivity contribution in [1.82, 2.24) is 15.3 Å². The maximum Gasteiger partial charge on any atom is 0.251 e. The maximum absolute atomic E-state index is 12.5. The van der Waals surface area contributed by atoms with E-state index in [1.54, 1.807) is 0 Å². The first-order valence-corrected chi connectivity index (χ1v) is 8.60. The molecule has 1 saturated carbocycles. The number of carbonyl (C=O) groups excluding carboxylic acids is 1. The molecule has 3 rings (SSSR count). The molecule has 1 fully saturated rings. The van der Waals surface area contributed by atoms with Crippen molar-refractivity contribution >= 4 is 17.5 Å². The van der Waals surface area contributed by atoms with Crippen molar-refractivity contribution in [2.24, 2.45) is 0 Å². The van der Waals surface area contributed by atoms with E-state index in [1.807, 2.05) is 44.2 Å². The smallest absolute Gasteiger partial charge is 0.251 e. The Morgan fingerprint density at radius 1 is 1.04 bits per heavy atom. The minimum atomic E-state index is -0.00751. The van der Waals surface area contributed by atoms with Crippen molar-refractivity contribution < 1.29 is 4.79 Å². The molecular formula is C19H24N4O. The molecule has 0 aliphatic heterocycles. The van der Waals surface area contributed by atoms with Gasteiger partial charge in [0.1, 0.15) is 0 Å². The number of amides is 1. The van der Waals surface area contributed by atoms with Crippen LogP contribution in [0, 0.1) is 13.8 Å². The van der Waals surface area contributed by atoms with Gasteiger partial charge in [-0.2, -0.15) is 0 Å². The second-order valence-electron chi connectivity index (χ2n) is 6.49. The molecule has 0 bridgehead atoms. The number of rotatable bonds is 4. The highest BCUT2D eigenvalue weighted by Gasteiger charge is 2.16. The third-order valence-corrected chi connectivity index (χ3v) is 4.30. The predicted molar refractivity (Wildman–Crippen MR) is 95.6 cm³/mol. The molecule has 1 aliphatic rings. The van der Waals surface area contributed by atoms with Crippen molar-refractivity contribution in [3.63, 3.8) is 0 Å². The van der Waals surface area contributed by atoms with E-state index < -0.39 is 0 Å². The summed E-state index contributed by atoms with van der Waals surface area (Å²) < 4.78 is 0. The zero-order chi connectivity index (χ0) is 16.9. The number of hydrogen-bond acceptors (Lipinski definition) is 4. The highest BCUT2D eigenvalue weighted by Crippen LogP contribution is 2.19. The van der Waals surface area contributed by atoms with Crippen LogP contribution in [0.3, 0.4) is 0 Å². The lowest BCUT2D eigenvalue weighted by molar-refractivity contribution is 0.0928. The lowest BCUT2D eigenvalue weighted by Crippen LogP contribution is -2.36. The van der Waals surface area contributed by atoms with Crippen molar-refractivity contribution in [2.45, 2.75) is 52.0 Å². The van der Waals surface area contributed by atoms with Gasteiger partial charge >= 0.3 is 0 Å². The van der Waals surface area contributed by atoms with Gasteiger partial charge in [-0.05, 0) is 51.0 Å². The van der Waals surface area contributed by atoms with Crippen LogP contribution in [0.2, 0.25) is 0 Å². The topological polar surface area (TPSA) is 66.9 Å². The fourth-order valence-electron chi connectivity index (χ4n) is 3.16. The van der Waals surface area contributed by atoms with Gasteiger partial charge in [0.05, 0.1) is 0 Å². The number of hydrogen-bond donors (Lipinski definition) is 2. The average Bonchev–Trinajstić information content (AvgIpc) is 2.55. The Morgan fingerprint density at radius 3 is 2.46 bits per heavy atom. The Kier molecular flexibility index (Phi) is 5.08. The minimum absolute atomic E-state index is 0.00751. The van der Waals surface area contributed by atoms with Crippen LogP contribution in [-0.2, 0) is 0 Å². The first-order valence-electron chi connectivity index (χ1n) is 8.60. The quantitative estimate of drug-likeness (QED) is 0.895. The predicted octanol–water partition coefficient (Wildman–Crippen LogP) is 3.90. The summed E-state index contributed by atoms with van der Waals surface area (Å²) in [5, 5.41) is 6.33. The highest BCUT2D eigenvalue weighted by molar-refractivity contribution is 5.95. The summed E-state index contributed by atoms with van der Waals surface area (Å²) in [4.78, 5) is 21.2. The fourth-order valence-corrected chi connectivity index (χ4v) is 3.16. The van der Waals surface area contributed by atoms with E-state index in [9.17, 15) is 4.79 Å². The molecule has 0 saturated heterocycles. The molecule has 0 radical (unpaired) electrons. The largest absolute Gasteiger partial charge is 0.349 e. The number of carbonyl (C=O) groups is 1. The van der Waals surface area contributed by atoms with Crippen molar-refractivity contribution in [2.75, 3.05) is 5.32 Å². The Morgan fingerprint density at radius 2 is 1.75 bits per heavy atom. The molecule has 5 nitrogen and oxygen atoms in total. The molecule has 24 heavy (non-hydrogen) atoms. The van der Waals surface area contributed by atoms with E-state index in [0.717, 1.165) is 29.9 Å². The number of anilines is 2. The van der Waals surface area contributed by atoms with Crippen LogP contribution < -0.4 is 10.6 Å². The van der Waals surface area contributed by atoms with Crippen LogP contribution in [0.1, 0.15) is 53.8 Å². The molecule has 1 aromatic heterocycles. The fraction of sp³-hybridized carbons (Fsp3) is 0.421. The Hall–Kier alpha value is -2.43. The molecule has 1 aliphatic carbocycles. The van der Waals surface area contributed by atoms with Gasteiger partial charge in [-0.15, -0.1) is 0 Å². The zero-order valence-corrected chi connectivity index (χ0v) is 14.3. The third-order valence-electron chi connectivity index (χ3n) is 4.30. The van der Waals surface area contributed by atoms with Crippen molar-refractivity contribution in [3.8, 4) is 0 Å². The normalized spacial score (nSPS) is 15.1. The number of aryl methyl sites for hydroxylation is 2. The van der Waals surface area contributed by atoms with Gasteiger partial charge in [-0.1, -0.05) is 25.3 Å². The monoisotopic (exact) mass is 324 g/mol. The van der Waals surface area contributed by atoms with Gasteiger partial charge in [0.25, 0.3) is 5.91 Å². The van der Waals surface area contributed by atoms with Gasteiger partial charge < -0.3 is 10.6 Å². The van der Waals surface area contributed by atoms with Crippen LogP contribution >= 0.6 is 0 Å². The van der Waals surface area contributed by atoms with E-state index in [-0.39, 0.29) is 5.91 Å². The summed E-state index contributed by atoms with van der Waals surface area (Å²) in [5.41, 5.74) is 3.30. The molecular weight excluding hydrogens is 300 g/mol. The number of nitrogens with zero attached hydrogens (tertiary/aromatic N) is 2. The van der Waals surface area contributed by atoms with E-state index in [4.69, 9.17) is 0 Å². The van der Waals surface area contributed by atoms with Crippen LogP contribution in [0.4, 0.5) is 11.6 Å². The second-order valence-corrected chi connectivity index (χ2v) is 6.49. The van der Waals surface area contributed by atoms with E-state index in [1.165, 1.54) is 19.3 Å². The number of nitrogens with one attached hydrogen (secondary N) is 2. The molecule has 0 spiro atoms. The average molecular weight is 324 g/mol. The van der Waals surface area contributed by atoms with Gasteiger partial charge in [0.2, 0.25) is 5.95 Å². The summed E-state index contributed by atoms with van der Waals surface area (Å²) in [6, 6.07) is 9.72. The Balaban J connectivity index is 1.70. The van der Waals surface area contributed by atoms with Crippen molar-refractivity contribution in [3.05, 3.63) is 47.3 Å². The summed E-state index contributed by atoms with van der Waals surface area (Å²) in [6.45, 7) is 3.88. The SMILES string of the molecule is Cc1cc(C)nc(Nc2cccc(C(=O)NC3CCCCC3)c2)n1. The van der Waals surface area contributed by atoms with E-state index in [2.05, 4.69) is 20.6 Å². The first kappa shape index (κ1) is 16.4. The molecule has 1 aromatic carbocycles. The lowest BCUT2D eigenvalue weighted by Gasteiger charge is -2.22. The van der Waals surface area contributed by atoms with Gasteiger partial charge in [-0.25, -0.2) is 9.97 Å². The van der Waals surface area contributed by atoms with Gasteiger partial charge in [0, 0.05) is 28.7 Å². The minimum Gasteiger partial charge on any atom is -0.349 e. The molecule has 0 unspecified atom stereocenters. The lowest BCUT2D eigenvalue weighted by atomic mass is 9.95. The Bertz CT molecular complexity index is 703. The molecule has 126 valence electrons. The summed E-state index contributed by atoms with van der Waals surface area (Å²) in [7, 11) is 0. The number of benzene rings is 1. The van der Waals surface area contributed by atoms with Crippen LogP contribution in [0.25, 0.3) is 0 Å². The molecule has 2 N–H and O–H groups in total. The molecule has 1 heterocycles. The third kappa shape index (κ3) is 4.31. The van der Waals surface area contributed by atoms with Crippen LogP contribution in [0.15, 0.2) is 30.3 Å². The molecule has 0 atom stereocenters.